The highest BCUT2D eigenvalue weighted by Crippen LogP contribution is 2.21. The highest BCUT2D eigenvalue weighted by Gasteiger charge is 2.33. The molecular weight excluding hydrogens is 554 g/mol. The number of Topliss-reactive ketones (excluding diaryl/α,β-unsaturated/α-hetero) is 1. The van der Waals surface area contributed by atoms with Crippen molar-refractivity contribution in [3.05, 3.63) is 41.0 Å². The summed E-state index contributed by atoms with van der Waals surface area (Å²) in [5.74, 6) is -2.39. The standard InChI is InChI=1S/C31H45N5O7/c1-19(2)27(35-26(39)10-6-5-7-16-36-29(41)20(3)21(4)30(36)42)25(38)17-23(9-8-15-33-31(32)43)28(40)34-24-13-11-22(18-37)12-14-24/h11-14,19,23,27,37H,5-10,15-18H2,1-4H3,(H,34,40)(H,35,39)(H3,32,33,43)/t23-,27+/m1/s1. The average Bonchev–Trinajstić information content (AvgIpc) is 3.14. The Labute approximate surface area is 252 Å². The SMILES string of the molecule is CC1=C(C)C(=O)N(CCCCCC(=O)N[C@H](C(=O)C[C@@H](CCCNC(N)=O)C(=O)Nc2ccc(CO)cc2)C(C)C)C1=O. The van der Waals surface area contributed by atoms with E-state index in [0.29, 0.717) is 61.0 Å². The number of ketones is 1. The van der Waals surface area contributed by atoms with Gasteiger partial charge < -0.3 is 26.8 Å². The maximum absolute atomic E-state index is 13.4. The van der Waals surface area contributed by atoms with Gasteiger partial charge in [0.1, 0.15) is 0 Å². The summed E-state index contributed by atoms with van der Waals surface area (Å²) in [6.07, 6.45) is 2.53. The van der Waals surface area contributed by atoms with Gasteiger partial charge in [-0.2, -0.15) is 0 Å². The first kappa shape index (κ1) is 35.1. The Morgan fingerprint density at radius 3 is 2.12 bits per heavy atom. The molecule has 236 valence electrons. The van der Waals surface area contributed by atoms with Crippen LogP contribution < -0.4 is 21.7 Å². The topological polar surface area (TPSA) is 188 Å². The highest BCUT2D eigenvalue weighted by molar-refractivity contribution is 6.18. The molecule has 6 amide bonds. The van der Waals surface area contributed by atoms with E-state index < -0.39 is 18.0 Å². The average molecular weight is 600 g/mol. The molecule has 0 aliphatic carbocycles. The number of anilines is 1. The Kier molecular flexibility index (Phi) is 14.0. The molecule has 12 nitrogen and oxygen atoms in total. The lowest BCUT2D eigenvalue weighted by molar-refractivity contribution is -0.137. The maximum Gasteiger partial charge on any atom is 0.312 e. The molecule has 1 aliphatic heterocycles. The third kappa shape index (κ3) is 10.9. The molecule has 0 fully saturated rings. The molecule has 2 rings (SSSR count). The Hall–Kier alpha value is -4.06. The van der Waals surface area contributed by atoms with Crippen LogP contribution in [0.25, 0.3) is 0 Å². The summed E-state index contributed by atoms with van der Waals surface area (Å²) in [7, 11) is 0. The number of benzene rings is 1. The molecule has 0 saturated carbocycles. The maximum atomic E-state index is 13.4. The molecule has 0 spiro atoms. The van der Waals surface area contributed by atoms with Gasteiger partial charge in [0.15, 0.2) is 5.78 Å². The number of amides is 6. The predicted molar refractivity (Wildman–Crippen MR) is 161 cm³/mol. The summed E-state index contributed by atoms with van der Waals surface area (Å²) in [5, 5.41) is 17.3. The van der Waals surface area contributed by atoms with Crippen LogP contribution in [-0.4, -0.2) is 64.6 Å². The van der Waals surface area contributed by atoms with E-state index in [1.54, 1.807) is 38.1 Å². The molecule has 0 bridgehead atoms. The van der Waals surface area contributed by atoms with E-state index in [2.05, 4.69) is 16.0 Å². The number of aliphatic hydroxyl groups is 1. The summed E-state index contributed by atoms with van der Waals surface area (Å²) in [6.45, 7) is 7.33. The summed E-state index contributed by atoms with van der Waals surface area (Å²) in [6, 6.07) is 5.22. The van der Waals surface area contributed by atoms with E-state index in [1.165, 1.54) is 4.90 Å². The van der Waals surface area contributed by atoms with Gasteiger partial charge in [0.25, 0.3) is 11.8 Å². The van der Waals surface area contributed by atoms with Crippen LogP contribution in [0.4, 0.5) is 10.5 Å². The molecule has 1 aromatic carbocycles. The second-order valence-electron chi connectivity index (χ2n) is 11.3. The molecule has 1 heterocycles. The third-order valence-corrected chi connectivity index (χ3v) is 7.56. The number of nitrogens with two attached hydrogens (primary N) is 1. The second-order valence-corrected chi connectivity index (χ2v) is 11.3. The fourth-order valence-electron chi connectivity index (χ4n) is 4.81. The van der Waals surface area contributed by atoms with Crippen molar-refractivity contribution in [2.75, 3.05) is 18.4 Å². The monoisotopic (exact) mass is 599 g/mol. The molecule has 0 radical (unpaired) electrons. The third-order valence-electron chi connectivity index (χ3n) is 7.56. The van der Waals surface area contributed by atoms with Crippen molar-refractivity contribution < 1.29 is 33.9 Å². The number of hydrogen-bond donors (Lipinski definition) is 5. The molecule has 0 unspecified atom stereocenters. The van der Waals surface area contributed by atoms with Crippen LogP contribution in [0.3, 0.4) is 0 Å². The molecular formula is C31H45N5O7. The minimum absolute atomic E-state index is 0.106. The van der Waals surface area contributed by atoms with E-state index in [-0.39, 0.29) is 61.3 Å². The molecule has 2 atom stereocenters. The quantitative estimate of drug-likeness (QED) is 0.127. The van der Waals surface area contributed by atoms with Crippen LogP contribution in [0, 0.1) is 11.8 Å². The number of aliphatic hydroxyl groups excluding tert-OH is 1. The first-order chi connectivity index (χ1) is 20.3. The van der Waals surface area contributed by atoms with Gasteiger partial charge in [-0.15, -0.1) is 0 Å². The number of urea groups is 1. The van der Waals surface area contributed by atoms with Crippen LogP contribution in [-0.2, 0) is 30.6 Å². The van der Waals surface area contributed by atoms with Gasteiger partial charge in [-0.1, -0.05) is 32.4 Å². The molecule has 12 heteroatoms. The van der Waals surface area contributed by atoms with Crippen molar-refractivity contribution in [3.8, 4) is 0 Å². The number of primary amides is 1. The first-order valence-electron chi connectivity index (χ1n) is 14.7. The number of nitrogens with one attached hydrogen (secondary N) is 3. The zero-order chi connectivity index (χ0) is 32.1. The summed E-state index contributed by atoms with van der Waals surface area (Å²) < 4.78 is 0. The van der Waals surface area contributed by atoms with Gasteiger partial charge in [0, 0.05) is 48.7 Å². The number of carbonyl (C=O) groups excluding carboxylic acids is 6. The lowest BCUT2D eigenvalue weighted by atomic mass is 9.89. The fourth-order valence-corrected chi connectivity index (χ4v) is 4.81. The molecule has 6 N–H and O–H groups in total. The van der Waals surface area contributed by atoms with Gasteiger partial charge >= 0.3 is 6.03 Å². The minimum Gasteiger partial charge on any atom is -0.392 e. The Morgan fingerprint density at radius 2 is 1.56 bits per heavy atom. The zero-order valence-electron chi connectivity index (χ0n) is 25.5. The first-order valence-corrected chi connectivity index (χ1v) is 14.7. The number of carbonyl (C=O) groups is 6. The predicted octanol–water partition coefficient (Wildman–Crippen LogP) is 2.55. The van der Waals surface area contributed by atoms with Crippen molar-refractivity contribution in [3.63, 3.8) is 0 Å². The summed E-state index contributed by atoms with van der Waals surface area (Å²) >= 11 is 0. The summed E-state index contributed by atoms with van der Waals surface area (Å²) in [5.41, 5.74) is 7.26. The molecule has 0 aromatic heterocycles. The van der Waals surface area contributed by atoms with Gasteiger partial charge in [-0.05, 0) is 63.1 Å². The number of rotatable bonds is 18. The fraction of sp³-hybridized carbons (Fsp3) is 0.548. The van der Waals surface area contributed by atoms with Gasteiger partial charge in [0.05, 0.1) is 12.6 Å². The van der Waals surface area contributed by atoms with E-state index in [9.17, 15) is 33.9 Å². The minimum atomic E-state index is -0.785. The van der Waals surface area contributed by atoms with E-state index in [1.807, 2.05) is 13.8 Å². The van der Waals surface area contributed by atoms with Crippen LogP contribution in [0.1, 0.15) is 78.2 Å². The lowest BCUT2D eigenvalue weighted by Crippen LogP contribution is -2.45. The Morgan fingerprint density at radius 1 is 0.930 bits per heavy atom. The van der Waals surface area contributed by atoms with Crippen molar-refractivity contribution >= 4 is 41.1 Å². The van der Waals surface area contributed by atoms with Crippen molar-refractivity contribution in [1.29, 1.82) is 0 Å². The molecule has 43 heavy (non-hydrogen) atoms. The number of hydrogen-bond acceptors (Lipinski definition) is 7. The van der Waals surface area contributed by atoms with Crippen LogP contribution in [0.2, 0.25) is 0 Å². The van der Waals surface area contributed by atoms with E-state index in [4.69, 9.17) is 5.73 Å². The van der Waals surface area contributed by atoms with Gasteiger partial charge in [0.2, 0.25) is 11.8 Å². The van der Waals surface area contributed by atoms with Gasteiger partial charge in [-0.25, -0.2) is 4.79 Å². The van der Waals surface area contributed by atoms with E-state index >= 15 is 0 Å². The number of unbranched alkanes of at least 4 members (excludes halogenated alkanes) is 2. The van der Waals surface area contributed by atoms with Crippen LogP contribution >= 0.6 is 0 Å². The van der Waals surface area contributed by atoms with Crippen molar-refractivity contribution in [1.82, 2.24) is 15.5 Å². The highest BCUT2D eigenvalue weighted by atomic mass is 16.3. The van der Waals surface area contributed by atoms with Crippen molar-refractivity contribution in [2.24, 2.45) is 17.6 Å². The zero-order valence-corrected chi connectivity index (χ0v) is 25.5. The molecule has 1 aromatic rings. The Bertz CT molecular complexity index is 1190. The van der Waals surface area contributed by atoms with Crippen LogP contribution in [0.5, 0.6) is 0 Å². The Balaban J connectivity index is 1.92. The second kappa shape index (κ2) is 17.2. The largest absolute Gasteiger partial charge is 0.392 e. The van der Waals surface area contributed by atoms with Gasteiger partial charge in [-0.3, -0.25) is 28.9 Å². The smallest absolute Gasteiger partial charge is 0.312 e. The number of imide groups is 1. The van der Waals surface area contributed by atoms with E-state index in [0.717, 1.165) is 0 Å². The molecule has 1 aliphatic rings. The van der Waals surface area contributed by atoms with Crippen molar-refractivity contribution in [2.45, 2.75) is 85.3 Å². The normalized spacial score (nSPS) is 14.6. The van der Waals surface area contributed by atoms with Crippen LogP contribution in [0.15, 0.2) is 35.4 Å². The molecule has 0 saturated heterocycles. The summed E-state index contributed by atoms with van der Waals surface area (Å²) in [4.78, 5) is 75.9. The number of nitrogens with zero attached hydrogens (tertiary/aromatic N) is 1. The lowest BCUT2D eigenvalue weighted by Gasteiger charge is -2.24.